The smallest absolute Gasteiger partial charge is 0.197 e. The average molecular weight is 670 g/mol. The number of fused-ring (bicyclic) bond motifs is 8. The first-order valence-corrected chi connectivity index (χ1v) is 18.9. The van der Waals surface area contributed by atoms with Crippen LogP contribution in [0.15, 0.2) is 66.7 Å². The number of aryl methyl sites for hydroxylation is 2. The van der Waals surface area contributed by atoms with E-state index < -0.39 is 0 Å². The van der Waals surface area contributed by atoms with Gasteiger partial charge in [0, 0.05) is 43.8 Å². The average Bonchev–Trinajstić information content (AvgIpc) is 3.55. The van der Waals surface area contributed by atoms with Crippen molar-refractivity contribution in [1.82, 2.24) is 9.55 Å². The summed E-state index contributed by atoms with van der Waals surface area (Å²) in [7, 11) is 2.52. The van der Waals surface area contributed by atoms with Gasteiger partial charge in [0.25, 0.3) is 0 Å². The van der Waals surface area contributed by atoms with Gasteiger partial charge in [-0.1, -0.05) is 113 Å². The predicted octanol–water partition coefficient (Wildman–Crippen LogP) is 11.9. The number of hydrogen-bond acceptors (Lipinski definition) is 0. The van der Waals surface area contributed by atoms with E-state index in [-0.39, 0.29) is 21.7 Å². The first kappa shape index (κ1) is 33.9. The van der Waals surface area contributed by atoms with Gasteiger partial charge in [-0.3, -0.25) is 0 Å². The number of rotatable bonds is 1. The summed E-state index contributed by atoms with van der Waals surface area (Å²) in [6.07, 6.45) is 0. The van der Waals surface area contributed by atoms with Gasteiger partial charge < -0.3 is 9.55 Å². The molecule has 1 N–H and O–H groups in total. The highest BCUT2D eigenvalue weighted by Crippen LogP contribution is 2.43. The second kappa shape index (κ2) is 10.7. The van der Waals surface area contributed by atoms with E-state index in [0.29, 0.717) is 0 Å². The van der Waals surface area contributed by atoms with Gasteiger partial charge in [0.05, 0.1) is 11.0 Å². The zero-order valence-corrected chi connectivity index (χ0v) is 33.4. The maximum atomic E-state index is 3.94. The lowest BCUT2D eigenvalue weighted by molar-refractivity contribution is 0.590. The van der Waals surface area contributed by atoms with Crippen molar-refractivity contribution in [3.63, 3.8) is 0 Å². The zero-order chi connectivity index (χ0) is 36.7. The minimum Gasteiger partial charge on any atom is -0.354 e. The van der Waals surface area contributed by atoms with Gasteiger partial charge in [-0.2, -0.15) is 0 Å². The van der Waals surface area contributed by atoms with Crippen molar-refractivity contribution in [2.24, 2.45) is 0 Å². The molecule has 0 saturated heterocycles. The molecule has 8 rings (SSSR count). The summed E-state index contributed by atoms with van der Waals surface area (Å²) in [6, 6.07) is 26.5. The monoisotopic (exact) mass is 669 g/mol. The Labute approximate surface area is 305 Å². The highest BCUT2D eigenvalue weighted by molar-refractivity contribution is 6.73. The van der Waals surface area contributed by atoms with E-state index >= 15 is 0 Å². The van der Waals surface area contributed by atoms with Crippen molar-refractivity contribution in [3.8, 4) is 16.8 Å². The van der Waals surface area contributed by atoms with Crippen LogP contribution in [0.1, 0.15) is 116 Å². The Kier molecular flexibility index (Phi) is 7.08. The Morgan fingerprint density at radius 1 is 0.529 bits per heavy atom. The van der Waals surface area contributed by atoms with E-state index in [1.165, 1.54) is 105 Å². The summed E-state index contributed by atoms with van der Waals surface area (Å²) in [5, 5.41) is 5.31. The van der Waals surface area contributed by atoms with E-state index in [1.807, 2.05) is 0 Å². The predicted molar refractivity (Wildman–Crippen MR) is 225 cm³/mol. The van der Waals surface area contributed by atoms with Crippen LogP contribution in [0.5, 0.6) is 0 Å². The number of nitrogens with zero attached hydrogens (tertiary/aromatic N) is 1. The van der Waals surface area contributed by atoms with E-state index in [0.717, 1.165) is 0 Å². The first-order chi connectivity index (χ1) is 23.6. The minimum atomic E-state index is -0.0156. The lowest BCUT2D eigenvalue weighted by Crippen LogP contribution is -2.39. The largest absolute Gasteiger partial charge is 0.354 e. The van der Waals surface area contributed by atoms with Crippen LogP contribution in [0.25, 0.3) is 60.4 Å². The fraction of sp³-hybridized carbons (Fsp3) is 0.375. The lowest BCUT2D eigenvalue weighted by atomic mass is 9.57. The van der Waals surface area contributed by atoms with E-state index in [4.69, 9.17) is 0 Å². The summed E-state index contributed by atoms with van der Waals surface area (Å²) in [6.45, 7) is 32.5. The summed E-state index contributed by atoms with van der Waals surface area (Å²) in [5.74, 6) is 0. The Balaban J connectivity index is 1.51. The standard InChI is InChI=1S/C48H54BN2/c1-26-19-27(2)43-41(40(26)36-24-30(47(9,10)11)22-34-32-20-28(45(3,4)5)15-17-38(32)50-42(34)36)49-37-25-31(48(12,13)14)23-35-33-21-29(46(6,7)8)16-18-39(33)51(43)44(35)37/h15-25,50H,1-14H3. The van der Waals surface area contributed by atoms with Crippen molar-refractivity contribution in [3.05, 3.63) is 100 Å². The molecule has 1 aliphatic rings. The molecule has 0 bridgehead atoms. The second-order valence-electron chi connectivity index (χ2n) is 19.7. The number of aromatic amines is 1. The molecule has 5 aromatic carbocycles. The molecule has 0 saturated carbocycles. The lowest BCUT2D eigenvalue weighted by Gasteiger charge is -2.29. The summed E-state index contributed by atoms with van der Waals surface area (Å²) >= 11 is 0. The fourth-order valence-corrected chi connectivity index (χ4v) is 8.48. The van der Waals surface area contributed by atoms with Crippen molar-refractivity contribution in [2.75, 3.05) is 0 Å². The van der Waals surface area contributed by atoms with Crippen molar-refractivity contribution >= 4 is 61.8 Å². The van der Waals surface area contributed by atoms with Crippen LogP contribution in [0, 0.1) is 13.8 Å². The van der Waals surface area contributed by atoms with Gasteiger partial charge >= 0.3 is 0 Å². The number of H-pyrrole nitrogens is 1. The van der Waals surface area contributed by atoms with Crippen LogP contribution in [-0.4, -0.2) is 16.8 Å². The van der Waals surface area contributed by atoms with Gasteiger partial charge in [-0.15, -0.1) is 0 Å². The van der Waals surface area contributed by atoms with E-state index in [9.17, 15) is 0 Å². The van der Waals surface area contributed by atoms with Crippen molar-refractivity contribution < 1.29 is 0 Å². The number of benzene rings is 5. The number of hydrogen-bond donors (Lipinski definition) is 1. The number of aromatic nitrogens is 2. The first-order valence-electron chi connectivity index (χ1n) is 18.9. The molecule has 1 aliphatic heterocycles. The quantitative estimate of drug-likeness (QED) is 0.168. The molecule has 259 valence electrons. The van der Waals surface area contributed by atoms with Crippen molar-refractivity contribution in [2.45, 2.75) is 119 Å². The molecule has 0 fully saturated rings. The van der Waals surface area contributed by atoms with Crippen molar-refractivity contribution in [1.29, 1.82) is 0 Å². The fourth-order valence-electron chi connectivity index (χ4n) is 8.48. The molecule has 51 heavy (non-hydrogen) atoms. The maximum Gasteiger partial charge on any atom is 0.197 e. The SMILES string of the molecule is Cc1cc(C)c2c(c1-c1cc(C(C)(C)C)cc3c1[nH]c1ccc(C(C)(C)C)cc13)[B]c1cc(C(C)(C)C)cc3c4cc(C(C)(C)C)ccc4n-2c13. The Hall–Kier alpha value is -4.24. The number of nitrogens with one attached hydrogen (secondary N) is 1. The Morgan fingerprint density at radius 2 is 1.08 bits per heavy atom. The molecule has 3 heterocycles. The van der Waals surface area contributed by atoms with Gasteiger partial charge in [0.2, 0.25) is 0 Å². The highest BCUT2D eigenvalue weighted by atomic mass is 15.0. The van der Waals surface area contributed by atoms with Crippen LogP contribution in [0.3, 0.4) is 0 Å². The highest BCUT2D eigenvalue weighted by Gasteiger charge is 2.31. The van der Waals surface area contributed by atoms with Gasteiger partial charge in [0.1, 0.15) is 0 Å². The van der Waals surface area contributed by atoms with Crippen LogP contribution in [-0.2, 0) is 21.7 Å². The van der Waals surface area contributed by atoms with Crippen LogP contribution in [0.2, 0.25) is 0 Å². The Bertz CT molecular complexity index is 2590. The zero-order valence-electron chi connectivity index (χ0n) is 33.4. The molecule has 0 unspecified atom stereocenters. The van der Waals surface area contributed by atoms with Gasteiger partial charge in [-0.25, -0.2) is 0 Å². The molecule has 3 heteroatoms. The minimum absolute atomic E-state index is 0.0156. The molecule has 0 amide bonds. The molecule has 0 spiro atoms. The molecular formula is C48H54BN2. The second-order valence-corrected chi connectivity index (χ2v) is 19.7. The molecular weight excluding hydrogens is 615 g/mol. The van der Waals surface area contributed by atoms with Gasteiger partial charge in [0.15, 0.2) is 7.28 Å². The van der Waals surface area contributed by atoms with Crippen LogP contribution < -0.4 is 10.9 Å². The molecule has 2 aromatic heterocycles. The topological polar surface area (TPSA) is 20.7 Å². The third-order valence-corrected chi connectivity index (χ3v) is 11.6. The summed E-state index contributed by atoms with van der Waals surface area (Å²) < 4.78 is 2.60. The van der Waals surface area contributed by atoms with E-state index in [1.54, 1.807) is 0 Å². The summed E-state index contributed by atoms with van der Waals surface area (Å²) in [4.78, 5) is 3.94. The Morgan fingerprint density at radius 3 is 1.71 bits per heavy atom. The third kappa shape index (κ3) is 5.21. The maximum absolute atomic E-state index is 3.94. The molecule has 0 aliphatic carbocycles. The third-order valence-electron chi connectivity index (χ3n) is 11.6. The molecule has 2 nitrogen and oxygen atoms in total. The van der Waals surface area contributed by atoms with Crippen LogP contribution >= 0.6 is 0 Å². The van der Waals surface area contributed by atoms with Gasteiger partial charge in [-0.05, 0) is 122 Å². The molecule has 0 atom stereocenters. The normalized spacial score (nSPS) is 13.8. The van der Waals surface area contributed by atoms with Crippen LogP contribution in [0.4, 0.5) is 0 Å². The van der Waals surface area contributed by atoms with E-state index in [2.05, 4.69) is 180 Å². The molecule has 7 aromatic rings. The molecule has 1 radical (unpaired) electrons. The summed E-state index contributed by atoms with van der Waals surface area (Å²) in [5.41, 5.74) is 19.8.